The minimum Gasteiger partial charge on any atom is -0.326 e. The van der Waals surface area contributed by atoms with Crippen LogP contribution in [0.2, 0.25) is 0 Å². The van der Waals surface area contributed by atoms with Crippen LogP contribution in [-0.4, -0.2) is 15.8 Å². The number of rotatable bonds is 5. The van der Waals surface area contributed by atoms with Gasteiger partial charge in [0.2, 0.25) is 0 Å². The number of nitrogens with two attached hydrogens (primary N) is 1. The molecule has 96 valence electrons. The molecule has 1 fully saturated rings. The van der Waals surface area contributed by atoms with E-state index < -0.39 is 0 Å². The van der Waals surface area contributed by atoms with Gasteiger partial charge in [-0.2, -0.15) is 5.10 Å². The molecule has 17 heavy (non-hydrogen) atoms. The van der Waals surface area contributed by atoms with Crippen LogP contribution < -0.4 is 5.73 Å². The monoisotopic (exact) mass is 235 g/mol. The molecule has 1 aromatic heterocycles. The highest BCUT2D eigenvalue weighted by Crippen LogP contribution is 2.27. The number of hydrogen-bond acceptors (Lipinski definition) is 2. The van der Waals surface area contributed by atoms with Crippen molar-refractivity contribution in [2.45, 2.75) is 65.0 Å². The molecule has 1 atom stereocenters. The fourth-order valence-corrected chi connectivity index (χ4v) is 2.86. The molecule has 2 N–H and O–H groups in total. The Morgan fingerprint density at radius 2 is 2.06 bits per heavy atom. The lowest BCUT2D eigenvalue weighted by atomic mass is 9.99. The molecule has 1 aliphatic rings. The van der Waals surface area contributed by atoms with Crippen molar-refractivity contribution in [3.05, 3.63) is 17.5 Å². The van der Waals surface area contributed by atoms with Gasteiger partial charge in [-0.15, -0.1) is 0 Å². The lowest BCUT2D eigenvalue weighted by molar-refractivity contribution is 0.368. The van der Waals surface area contributed by atoms with Gasteiger partial charge in [-0.3, -0.25) is 4.68 Å². The first-order valence-electron chi connectivity index (χ1n) is 7.05. The summed E-state index contributed by atoms with van der Waals surface area (Å²) < 4.78 is 2.14. The summed E-state index contributed by atoms with van der Waals surface area (Å²) in [6.45, 7) is 5.24. The molecule has 0 spiro atoms. The summed E-state index contributed by atoms with van der Waals surface area (Å²) in [5.74, 6) is 0.717. The van der Waals surface area contributed by atoms with Crippen molar-refractivity contribution >= 4 is 0 Å². The van der Waals surface area contributed by atoms with Crippen LogP contribution in [0.15, 0.2) is 6.07 Å². The Morgan fingerprint density at radius 1 is 1.35 bits per heavy atom. The number of hydrogen-bond donors (Lipinski definition) is 1. The van der Waals surface area contributed by atoms with Crippen molar-refractivity contribution in [1.29, 1.82) is 0 Å². The molecule has 1 heterocycles. The molecule has 3 nitrogen and oxygen atoms in total. The van der Waals surface area contributed by atoms with E-state index in [4.69, 9.17) is 5.73 Å². The summed E-state index contributed by atoms with van der Waals surface area (Å²) in [4.78, 5) is 0. The Labute approximate surface area is 104 Å². The SMILES string of the molecule is CCc1cc(CC)n(CC(N)C2CCCC2)n1. The van der Waals surface area contributed by atoms with Crippen molar-refractivity contribution < 1.29 is 0 Å². The Balaban J connectivity index is 2.03. The molecule has 0 saturated heterocycles. The average molecular weight is 235 g/mol. The van der Waals surface area contributed by atoms with Gasteiger partial charge in [-0.1, -0.05) is 26.7 Å². The summed E-state index contributed by atoms with van der Waals surface area (Å²) in [6.07, 6.45) is 7.40. The average Bonchev–Trinajstić information content (AvgIpc) is 2.97. The van der Waals surface area contributed by atoms with Crippen LogP contribution in [0, 0.1) is 5.92 Å². The van der Waals surface area contributed by atoms with E-state index in [0.29, 0.717) is 5.92 Å². The zero-order valence-electron chi connectivity index (χ0n) is 11.2. The van der Waals surface area contributed by atoms with Gasteiger partial charge in [0.05, 0.1) is 12.2 Å². The van der Waals surface area contributed by atoms with Gasteiger partial charge in [0.15, 0.2) is 0 Å². The van der Waals surface area contributed by atoms with Crippen molar-refractivity contribution in [3.63, 3.8) is 0 Å². The van der Waals surface area contributed by atoms with Crippen LogP contribution >= 0.6 is 0 Å². The van der Waals surface area contributed by atoms with Gasteiger partial charge in [-0.05, 0) is 37.7 Å². The predicted molar refractivity (Wildman–Crippen MR) is 70.9 cm³/mol. The lowest BCUT2D eigenvalue weighted by Gasteiger charge is -2.19. The number of nitrogens with zero attached hydrogens (tertiary/aromatic N) is 2. The molecule has 2 rings (SSSR count). The minimum absolute atomic E-state index is 0.285. The second-order valence-corrected chi connectivity index (χ2v) is 5.22. The maximum Gasteiger partial charge on any atom is 0.0624 e. The van der Waals surface area contributed by atoms with Crippen LogP contribution in [-0.2, 0) is 19.4 Å². The highest BCUT2D eigenvalue weighted by Gasteiger charge is 2.23. The molecule has 0 bridgehead atoms. The van der Waals surface area contributed by atoms with E-state index >= 15 is 0 Å². The van der Waals surface area contributed by atoms with Crippen molar-refractivity contribution in [1.82, 2.24) is 9.78 Å². The first kappa shape index (κ1) is 12.6. The van der Waals surface area contributed by atoms with Crippen molar-refractivity contribution in [2.24, 2.45) is 11.7 Å². The molecule has 3 heteroatoms. The molecule has 0 radical (unpaired) electrons. The molecule has 1 aliphatic carbocycles. The van der Waals surface area contributed by atoms with E-state index in [1.165, 1.54) is 37.1 Å². The summed E-state index contributed by atoms with van der Waals surface area (Å²) in [5, 5.41) is 4.65. The van der Waals surface area contributed by atoms with Crippen LogP contribution in [0.4, 0.5) is 0 Å². The van der Waals surface area contributed by atoms with Crippen LogP contribution in [0.5, 0.6) is 0 Å². The Morgan fingerprint density at radius 3 is 2.65 bits per heavy atom. The van der Waals surface area contributed by atoms with E-state index in [9.17, 15) is 0 Å². The zero-order chi connectivity index (χ0) is 12.3. The Kier molecular flexibility index (Phi) is 4.21. The second-order valence-electron chi connectivity index (χ2n) is 5.22. The molecular formula is C14H25N3. The van der Waals surface area contributed by atoms with Crippen LogP contribution in [0.1, 0.15) is 50.9 Å². The minimum atomic E-state index is 0.285. The second kappa shape index (κ2) is 5.67. The van der Waals surface area contributed by atoms with Crippen molar-refractivity contribution in [2.75, 3.05) is 0 Å². The third-order valence-corrected chi connectivity index (χ3v) is 4.03. The first-order chi connectivity index (χ1) is 8.24. The fourth-order valence-electron chi connectivity index (χ4n) is 2.86. The number of aryl methyl sites for hydroxylation is 2. The summed E-state index contributed by atoms with van der Waals surface area (Å²) in [7, 11) is 0. The van der Waals surface area contributed by atoms with E-state index in [1.807, 2.05) is 0 Å². The topological polar surface area (TPSA) is 43.8 Å². The Bertz CT molecular complexity index is 350. The van der Waals surface area contributed by atoms with E-state index in [-0.39, 0.29) is 6.04 Å². The molecule has 1 aromatic rings. The molecule has 1 saturated carbocycles. The molecule has 0 aromatic carbocycles. The largest absolute Gasteiger partial charge is 0.326 e. The van der Waals surface area contributed by atoms with Gasteiger partial charge < -0.3 is 5.73 Å². The quantitative estimate of drug-likeness (QED) is 0.852. The first-order valence-corrected chi connectivity index (χ1v) is 7.05. The number of aromatic nitrogens is 2. The molecule has 0 amide bonds. The maximum absolute atomic E-state index is 6.32. The maximum atomic E-state index is 6.32. The Hall–Kier alpha value is -0.830. The summed E-state index contributed by atoms with van der Waals surface area (Å²) >= 11 is 0. The normalized spacial score (nSPS) is 18.8. The standard InChI is InChI=1S/C14H25N3/c1-3-12-9-13(4-2)17(16-12)10-14(15)11-7-5-6-8-11/h9,11,14H,3-8,10,15H2,1-2H3. The van der Waals surface area contributed by atoms with E-state index in [1.54, 1.807) is 0 Å². The molecule has 1 unspecified atom stereocenters. The molecular weight excluding hydrogens is 210 g/mol. The van der Waals surface area contributed by atoms with E-state index in [0.717, 1.165) is 19.4 Å². The summed E-state index contributed by atoms with van der Waals surface area (Å²) in [6, 6.07) is 2.51. The van der Waals surface area contributed by atoms with E-state index in [2.05, 4.69) is 29.7 Å². The lowest BCUT2D eigenvalue weighted by Crippen LogP contribution is -2.34. The third-order valence-electron chi connectivity index (χ3n) is 4.03. The van der Waals surface area contributed by atoms with Crippen LogP contribution in [0.25, 0.3) is 0 Å². The van der Waals surface area contributed by atoms with Gasteiger partial charge in [-0.25, -0.2) is 0 Å². The summed E-state index contributed by atoms with van der Waals surface area (Å²) in [5.41, 5.74) is 8.85. The van der Waals surface area contributed by atoms with Gasteiger partial charge >= 0.3 is 0 Å². The molecule has 0 aliphatic heterocycles. The highest BCUT2D eigenvalue weighted by molar-refractivity contribution is 5.10. The van der Waals surface area contributed by atoms with Gasteiger partial charge in [0.1, 0.15) is 0 Å². The van der Waals surface area contributed by atoms with Gasteiger partial charge in [0, 0.05) is 11.7 Å². The predicted octanol–water partition coefficient (Wildman–Crippen LogP) is 2.53. The zero-order valence-corrected chi connectivity index (χ0v) is 11.2. The van der Waals surface area contributed by atoms with Crippen molar-refractivity contribution in [3.8, 4) is 0 Å². The highest BCUT2D eigenvalue weighted by atomic mass is 15.3. The third kappa shape index (κ3) is 2.89. The van der Waals surface area contributed by atoms with Gasteiger partial charge in [0.25, 0.3) is 0 Å². The smallest absolute Gasteiger partial charge is 0.0624 e. The fraction of sp³-hybridized carbons (Fsp3) is 0.786. The van der Waals surface area contributed by atoms with Crippen LogP contribution in [0.3, 0.4) is 0 Å².